The number of nitrogens with two attached hydrogens (primary N) is 2. The standard InChI is InChI=1S/C23H26N10O5S2/c1-11-26-18-13(32(11)8-4-6-24)5-3-7-31(18)9-12-10-39-21-15(20(35)33(21)16(12)22(36)37)27-19(34)14(29-38-2)17-28-23(25)40-30-17/h3,5,7,15,21H,4,6,8-10,24H2,1-2H3,(H3-,25,27,28,30,34,36,37)/p+1/b29-14-. The number of imidazole rings is 1. The van der Waals surface area contributed by atoms with E-state index in [1.807, 2.05) is 29.8 Å². The van der Waals surface area contributed by atoms with E-state index in [1.165, 1.54) is 23.8 Å². The SMILES string of the molecule is CO/N=C(\C(=O)NC1C(=O)N2C(C(=O)O)=C(C[n+]3cccc4c3nc(C)n4CCCN)CSC12)c1nsc(N)n1. The Labute approximate surface area is 236 Å². The fourth-order valence-corrected chi connectivity index (χ4v) is 6.51. The van der Waals surface area contributed by atoms with Gasteiger partial charge in [0.05, 0.1) is 6.20 Å². The van der Waals surface area contributed by atoms with Gasteiger partial charge in [-0.2, -0.15) is 9.36 Å². The maximum absolute atomic E-state index is 13.2. The monoisotopic (exact) mass is 587 g/mol. The number of hydrogen-bond donors (Lipinski definition) is 4. The number of nitrogen functional groups attached to an aromatic ring is 1. The summed E-state index contributed by atoms with van der Waals surface area (Å²) in [5, 5.41) is 15.9. The number of pyridine rings is 1. The molecule has 40 heavy (non-hydrogen) atoms. The molecule has 0 saturated carbocycles. The average Bonchev–Trinajstić information content (AvgIpc) is 3.51. The van der Waals surface area contributed by atoms with Gasteiger partial charge in [-0.05, 0) is 30.1 Å². The number of β-lactam (4-membered cyclic amide) rings is 1. The van der Waals surface area contributed by atoms with Crippen LogP contribution in [0.2, 0.25) is 0 Å². The van der Waals surface area contributed by atoms with Crippen molar-refractivity contribution in [3.63, 3.8) is 0 Å². The number of carbonyl (C=O) groups is 3. The number of carboxylic acids is 1. The Hall–Kier alpha value is -4.09. The molecular formula is C23H27N10O5S2+. The number of aromatic nitrogens is 5. The van der Waals surface area contributed by atoms with Crippen LogP contribution in [-0.2, 0) is 32.3 Å². The summed E-state index contributed by atoms with van der Waals surface area (Å²) in [6, 6.07) is 2.87. The first kappa shape index (κ1) is 27.5. The molecule has 6 N–H and O–H groups in total. The molecule has 3 aromatic heterocycles. The number of nitrogens with one attached hydrogen (secondary N) is 1. The number of aliphatic carboxylic acids is 1. The summed E-state index contributed by atoms with van der Waals surface area (Å²) in [6.07, 6.45) is 2.64. The lowest BCUT2D eigenvalue weighted by atomic mass is 10.0. The number of thioether (sulfide) groups is 1. The zero-order chi connectivity index (χ0) is 28.6. The molecule has 1 fully saturated rings. The van der Waals surface area contributed by atoms with Crippen molar-refractivity contribution in [3.8, 4) is 0 Å². The summed E-state index contributed by atoms with van der Waals surface area (Å²) >= 11 is 2.24. The van der Waals surface area contributed by atoms with Gasteiger partial charge in [0.25, 0.3) is 11.8 Å². The highest BCUT2D eigenvalue weighted by atomic mass is 32.2. The lowest BCUT2D eigenvalue weighted by Gasteiger charge is -2.49. The van der Waals surface area contributed by atoms with E-state index in [0.29, 0.717) is 23.5 Å². The van der Waals surface area contributed by atoms with Crippen LogP contribution in [-0.4, -0.2) is 83.2 Å². The fourth-order valence-electron chi connectivity index (χ4n) is 4.74. The van der Waals surface area contributed by atoms with Gasteiger partial charge >= 0.3 is 11.6 Å². The van der Waals surface area contributed by atoms with E-state index in [1.54, 1.807) is 0 Å². The normalized spacial score (nSPS) is 19.0. The molecule has 2 unspecified atom stereocenters. The predicted octanol–water partition coefficient (Wildman–Crippen LogP) is -0.796. The number of rotatable bonds is 10. The third kappa shape index (κ3) is 4.86. The van der Waals surface area contributed by atoms with Crippen molar-refractivity contribution in [1.82, 2.24) is 29.1 Å². The van der Waals surface area contributed by atoms with E-state index in [4.69, 9.17) is 21.3 Å². The van der Waals surface area contributed by atoms with Crippen molar-refractivity contribution in [1.29, 1.82) is 0 Å². The number of amides is 2. The molecule has 5 heterocycles. The molecule has 2 atom stereocenters. The summed E-state index contributed by atoms with van der Waals surface area (Å²) in [4.78, 5) is 53.1. The molecule has 3 aromatic rings. The summed E-state index contributed by atoms with van der Waals surface area (Å²) < 4.78 is 7.93. The number of carboxylic acid groups (broad SMARTS) is 1. The van der Waals surface area contributed by atoms with E-state index in [-0.39, 0.29) is 28.9 Å². The Bertz CT molecular complexity index is 1560. The van der Waals surface area contributed by atoms with Gasteiger partial charge in [0.1, 0.15) is 36.3 Å². The van der Waals surface area contributed by atoms with E-state index in [2.05, 4.69) is 24.4 Å². The van der Waals surface area contributed by atoms with Gasteiger partial charge in [-0.15, -0.1) is 11.8 Å². The second-order valence-corrected chi connectivity index (χ2v) is 10.9. The molecule has 15 nitrogen and oxygen atoms in total. The van der Waals surface area contributed by atoms with Crippen LogP contribution in [0.15, 0.2) is 34.8 Å². The molecule has 210 valence electrons. The number of aryl methyl sites for hydroxylation is 2. The zero-order valence-corrected chi connectivity index (χ0v) is 23.2. The maximum atomic E-state index is 13.2. The second kappa shape index (κ2) is 11.2. The minimum absolute atomic E-state index is 0.0397. The van der Waals surface area contributed by atoms with Gasteiger partial charge in [-0.1, -0.05) is 5.16 Å². The van der Waals surface area contributed by atoms with E-state index in [9.17, 15) is 19.5 Å². The van der Waals surface area contributed by atoms with Crippen LogP contribution in [0.1, 0.15) is 18.1 Å². The van der Waals surface area contributed by atoms with Crippen molar-refractivity contribution >= 4 is 63.1 Å². The van der Waals surface area contributed by atoms with Crippen LogP contribution in [0.4, 0.5) is 5.13 Å². The quantitative estimate of drug-likeness (QED) is 0.0999. The van der Waals surface area contributed by atoms with Crippen LogP contribution in [0, 0.1) is 6.92 Å². The Morgan fingerprint density at radius 3 is 2.85 bits per heavy atom. The average molecular weight is 588 g/mol. The molecule has 2 aliphatic heterocycles. The van der Waals surface area contributed by atoms with Crippen molar-refractivity contribution in [2.24, 2.45) is 10.9 Å². The summed E-state index contributed by atoms with van der Waals surface area (Å²) in [7, 11) is 1.26. The Balaban J connectivity index is 1.39. The maximum Gasteiger partial charge on any atom is 0.352 e. The van der Waals surface area contributed by atoms with Crippen LogP contribution in [0.3, 0.4) is 0 Å². The summed E-state index contributed by atoms with van der Waals surface area (Å²) in [5.74, 6) is -1.39. The highest BCUT2D eigenvalue weighted by Crippen LogP contribution is 2.40. The highest BCUT2D eigenvalue weighted by Gasteiger charge is 2.54. The third-order valence-corrected chi connectivity index (χ3v) is 8.39. The fraction of sp³-hybridized carbons (Fsp3) is 0.391. The molecule has 0 aliphatic carbocycles. The Morgan fingerprint density at radius 2 is 2.17 bits per heavy atom. The largest absolute Gasteiger partial charge is 0.477 e. The highest BCUT2D eigenvalue weighted by molar-refractivity contribution is 8.00. The number of anilines is 1. The molecular weight excluding hydrogens is 560 g/mol. The first-order valence-corrected chi connectivity index (χ1v) is 14.0. The molecule has 1 saturated heterocycles. The van der Waals surface area contributed by atoms with Crippen molar-refractivity contribution in [3.05, 3.63) is 41.2 Å². The molecule has 17 heteroatoms. The molecule has 5 rings (SSSR count). The molecule has 0 aromatic carbocycles. The summed E-state index contributed by atoms with van der Waals surface area (Å²) in [5.41, 5.74) is 13.1. The van der Waals surface area contributed by atoms with Crippen LogP contribution >= 0.6 is 23.3 Å². The van der Waals surface area contributed by atoms with Gasteiger partial charge in [0.15, 0.2) is 5.13 Å². The van der Waals surface area contributed by atoms with Crippen molar-refractivity contribution in [2.45, 2.75) is 37.8 Å². The first-order valence-electron chi connectivity index (χ1n) is 12.2. The first-order chi connectivity index (χ1) is 19.2. The van der Waals surface area contributed by atoms with E-state index < -0.39 is 29.2 Å². The zero-order valence-electron chi connectivity index (χ0n) is 21.6. The lowest BCUT2D eigenvalue weighted by Crippen LogP contribution is -2.71. The number of nitrogens with zero attached hydrogens (tertiary/aromatic N) is 7. The van der Waals surface area contributed by atoms with Crippen LogP contribution < -0.4 is 21.4 Å². The molecule has 2 amide bonds. The van der Waals surface area contributed by atoms with Crippen LogP contribution in [0.5, 0.6) is 0 Å². The van der Waals surface area contributed by atoms with Gasteiger partial charge in [0.2, 0.25) is 17.4 Å². The second-order valence-electron chi connectivity index (χ2n) is 8.99. The Kier molecular flexibility index (Phi) is 7.68. The van der Waals surface area contributed by atoms with Gasteiger partial charge in [-0.25, -0.2) is 9.36 Å². The molecule has 0 radical (unpaired) electrons. The predicted molar refractivity (Wildman–Crippen MR) is 146 cm³/mol. The minimum Gasteiger partial charge on any atom is -0.477 e. The molecule has 0 bridgehead atoms. The topological polar surface area (TPSA) is 208 Å². The minimum atomic E-state index is -1.22. The Morgan fingerprint density at radius 1 is 1.38 bits per heavy atom. The van der Waals surface area contributed by atoms with Gasteiger partial charge in [0, 0.05) is 36.3 Å². The number of carbonyl (C=O) groups excluding carboxylic acids is 2. The lowest BCUT2D eigenvalue weighted by molar-refractivity contribution is -0.664. The third-order valence-electron chi connectivity index (χ3n) is 6.51. The van der Waals surface area contributed by atoms with E-state index >= 15 is 0 Å². The number of hydrogen-bond acceptors (Lipinski definition) is 12. The number of oxime groups is 1. The van der Waals surface area contributed by atoms with Gasteiger partial charge < -0.3 is 31.3 Å². The van der Waals surface area contributed by atoms with Crippen LogP contribution in [0.25, 0.3) is 11.2 Å². The molecule has 0 spiro atoms. The van der Waals surface area contributed by atoms with Crippen molar-refractivity contribution < 1.29 is 28.9 Å². The van der Waals surface area contributed by atoms with E-state index in [0.717, 1.165) is 35.8 Å². The molecule has 2 aliphatic rings. The summed E-state index contributed by atoms with van der Waals surface area (Å²) in [6.45, 7) is 3.43. The number of fused-ring (bicyclic) bond motifs is 2. The van der Waals surface area contributed by atoms with Gasteiger partial charge in [-0.3, -0.25) is 14.5 Å². The smallest absolute Gasteiger partial charge is 0.352 e. The van der Waals surface area contributed by atoms with Crippen molar-refractivity contribution in [2.75, 3.05) is 25.1 Å².